The summed E-state index contributed by atoms with van der Waals surface area (Å²) in [6.45, 7) is 12.1. The molecule has 1 aliphatic heterocycles. The van der Waals surface area contributed by atoms with E-state index in [0.29, 0.717) is 11.7 Å². The number of nitrogens with zero attached hydrogens (tertiary/aromatic N) is 2. The van der Waals surface area contributed by atoms with Crippen molar-refractivity contribution >= 4 is 33.7 Å². The normalized spacial score (nSPS) is 17.7. The van der Waals surface area contributed by atoms with Crippen LogP contribution in [0.15, 0.2) is 46.0 Å². The third kappa shape index (κ3) is 5.04. The summed E-state index contributed by atoms with van der Waals surface area (Å²) in [5.41, 5.74) is 7.50. The molecular formula is C24H30BrN3O2. The van der Waals surface area contributed by atoms with Gasteiger partial charge in [-0.05, 0) is 93.1 Å². The molecule has 3 rings (SSSR count). The molecule has 0 unspecified atom stereocenters. The highest BCUT2D eigenvalue weighted by atomic mass is 79.9. The molecule has 1 N–H and O–H groups in total. The van der Waals surface area contributed by atoms with Crippen LogP contribution < -0.4 is 15.1 Å². The molecule has 5 nitrogen and oxygen atoms in total. The highest BCUT2D eigenvalue weighted by Crippen LogP contribution is 2.43. The second-order valence-electron chi connectivity index (χ2n) is 8.47. The molecular weight excluding hydrogens is 442 g/mol. The van der Waals surface area contributed by atoms with Gasteiger partial charge in [0.05, 0.1) is 6.21 Å². The number of hydrogen-bond acceptors (Lipinski definition) is 4. The Morgan fingerprint density at radius 2 is 2.03 bits per heavy atom. The maximum Gasteiger partial charge on any atom is 0.277 e. The zero-order valence-electron chi connectivity index (χ0n) is 18.3. The van der Waals surface area contributed by atoms with E-state index in [0.717, 1.165) is 28.6 Å². The number of carbonyl (C=O) groups is 1. The molecule has 0 aromatic heterocycles. The fraction of sp³-hybridized carbons (Fsp3) is 0.417. The third-order valence-electron chi connectivity index (χ3n) is 5.67. The van der Waals surface area contributed by atoms with Crippen molar-refractivity contribution in [3.63, 3.8) is 0 Å². The summed E-state index contributed by atoms with van der Waals surface area (Å²) in [7, 11) is 0. The molecule has 0 fully saturated rings. The smallest absolute Gasteiger partial charge is 0.277 e. The van der Waals surface area contributed by atoms with Crippen molar-refractivity contribution in [3.05, 3.63) is 57.6 Å². The highest BCUT2D eigenvalue weighted by molar-refractivity contribution is 9.10. The molecule has 0 aliphatic carbocycles. The van der Waals surface area contributed by atoms with Crippen LogP contribution >= 0.6 is 15.9 Å². The van der Waals surface area contributed by atoms with Crippen molar-refractivity contribution < 1.29 is 9.53 Å². The molecule has 160 valence electrons. The molecule has 0 radical (unpaired) electrons. The van der Waals surface area contributed by atoms with E-state index in [4.69, 9.17) is 4.74 Å². The Morgan fingerprint density at radius 3 is 2.70 bits per heavy atom. The van der Waals surface area contributed by atoms with Crippen LogP contribution in [0.5, 0.6) is 5.75 Å². The number of benzene rings is 2. The van der Waals surface area contributed by atoms with E-state index in [1.54, 1.807) is 18.3 Å². The average molecular weight is 472 g/mol. The van der Waals surface area contributed by atoms with E-state index in [2.05, 4.69) is 78.1 Å². The molecule has 0 bridgehead atoms. The van der Waals surface area contributed by atoms with Gasteiger partial charge in [0.15, 0.2) is 6.61 Å². The van der Waals surface area contributed by atoms with Gasteiger partial charge in [0, 0.05) is 22.2 Å². The number of halogens is 1. The van der Waals surface area contributed by atoms with Gasteiger partial charge in [-0.15, -0.1) is 0 Å². The largest absolute Gasteiger partial charge is 0.484 e. The minimum Gasteiger partial charge on any atom is -0.484 e. The number of rotatable bonds is 6. The van der Waals surface area contributed by atoms with Crippen LogP contribution in [0.2, 0.25) is 0 Å². The van der Waals surface area contributed by atoms with E-state index in [1.165, 1.54) is 11.3 Å². The number of fused-ring (bicyclic) bond motifs is 1. The molecule has 0 spiro atoms. The Morgan fingerprint density at radius 1 is 1.33 bits per heavy atom. The summed E-state index contributed by atoms with van der Waals surface area (Å²) in [6, 6.07) is 11.8. The first-order chi connectivity index (χ1) is 14.2. The Bertz CT molecular complexity index is 938. The number of hydrogen-bond donors (Lipinski definition) is 1. The molecule has 6 heteroatoms. The van der Waals surface area contributed by atoms with Gasteiger partial charge in [0.25, 0.3) is 5.91 Å². The van der Waals surface area contributed by atoms with Crippen molar-refractivity contribution in [1.82, 2.24) is 5.43 Å². The number of hydrazone groups is 1. The van der Waals surface area contributed by atoms with Crippen molar-refractivity contribution in [2.24, 2.45) is 5.10 Å². The lowest BCUT2D eigenvalue weighted by atomic mass is 9.79. The maximum atomic E-state index is 12.0. The van der Waals surface area contributed by atoms with Gasteiger partial charge in [0.1, 0.15) is 5.75 Å². The Labute approximate surface area is 187 Å². The Kier molecular flexibility index (Phi) is 6.86. The van der Waals surface area contributed by atoms with Crippen LogP contribution in [0.25, 0.3) is 0 Å². The molecule has 0 saturated heterocycles. The molecule has 2 aromatic rings. The van der Waals surface area contributed by atoms with Crippen LogP contribution in [0.1, 0.15) is 56.7 Å². The standard InChI is InChI=1S/C24H30BrN3O2/c1-6-28-22-11-16(2)18(12-21(22)17(3)13-24(28,4)5)14-26-27-23(29)15-30-20-9-7-19(25)8-10-20/h7-12,14,17H,6,13,15H2,1-5H3,(H,27,29)/b26-14-/t17-/m1/s1. The SMILES string of the molecule is CCN1c2cc(C)c(/C=N\NC(=O)COc3ccc(Br)cc3)cc2[C@H](C)CC1(C)C. The van der Waals surface area contributed by atoms with E-state index in [9.17, 15) is 4.79 Å². The predicted octanol–water partition coefficient (Wildman–Crippen LogP) is 5.40. The van der Waals surface area contributed by atoms with Crippen molar-refractivity contribution in [1.29, 1.82) is 0 Å². The summed E-state index contributed by atoms with van der Waals surface area (Å²) < 4.78 is 6.43. The van der Waals surface area contributed by atoms with Gasteiger partial charge in [-0.2, -0.15) is 5.10 Å². The number of aryl methyl sites for hydroxylation is 1. The summed E-state index contributed by atoms with van der Waals surface area (Å²) in [5, 5.41) is 4.14. The van der Waals surface area contributed by atoms with Crippen LogP contribution in [0.3, 0.4) is 0 Å². The topological polar surface area (TPSA) is 53.9 Å². The summed E-state index contributed by atoms with van der Waals surface area (Å²) >= 11 is 3.37. The first-order valence-electron chi connectivity index (χ1n) is 10.3. The Balaban J connectivity index is 1.66. The van der Waals surface area contributed by atoms with Crippen LogP contribution in [-0.4, -0.2) is 30.8 Å². The van der Waals surface area contributed by atoms with Crippen molar-refractivity contribution in [2.45, 2.75) is 52.5 Å². The zero-order valence-corrected chi connectivity index (χ0v) is 19.9. The number of nitrogens with one attached hydrogen (secondary N) is 1. The molecule has 1 aliphatic rings. The lowest BCUT2D eigenvalue weighted by Crippen LogP contribution is -2.48. The van der Waals surface area contributed by atoms with Crippen LogP contribution in [0.4, 0.5) is 5.69 Å². The van der Waals surface area contributed by atoms with E-state index < -0.39 is 0 Å². The molecule has 1 heterocycles. The van der Waals surface area contributed by atoms with Gasteiger partial charge in [-0.3, -0.25) is 4.79 Å². The zero-order chi connectivity index (χ0) is 21.9. The lowest BCUT2D eigenvalue weighted by Gasteiger charge is -2.47. The fourth-order valence-corrected chi connectivity index (χ4v) is 4.54. The molecule has 0 saturated carbocycles. The molecule has 1 atom stereocenters. The average Bonchev–Trinajstić information content (AvgIpc) is 2.68. The van der Waals surface area contributed by atoms with Crippen molar-refractivity contribution in [2.75, 3.05) is 18.1 Å². The molecule has 1 amide bonds. The molecule has 30 heavy (non-hydrogen) atoms. The third-order valence-corrected chi connectivity index (χ3v) is 6.19. The van der Waals surface area contributed by atoms with Crippen LogP contribution in [-0.2, 0) is 4.79 Å². The fourth-order valence-electron chi connectivity index (χ4n) is 4.27. The summed E-state index contributed by atoms with van der Waals surface area (Å²) in [4.78, 5) is 14.5. The first-order valence-corrected chi connectivity index (χ1v) is 11.1. The number of carbonyl (C=O) groups excluding carboxylic acids is 1. The highest BCUT2D eigenvalue weighted by Gasteiger charge is 2.35. The van der Waals surface area contributed by atoms with Gasteiger partial charge in [-0.25, -0.2) is 5.43 Å². The predicted molar refractivity (Wildman–Crippen MR) is 127 cm³/mol. The van der Waals surface area contributed by atoms with Crippen LogP contribution in [0, 0.1) is 6.92 Å². The monoisotopic (exact) mass is 471 g/mol. The minimum atomic E-state index is -0.294. The van der Waals surface area contributed by atoms with E-state index in [-0.39, 0.29) is 18.1 Å². The second-order valence-corrected chi connectivity index (χ2v) is 9.38. The molecule has 2 aromatic carbocycles. The van der Waals surface area contributed by atoms with Crippen molar-refractivity contribution in [3.8, 4) is 5.75 Å². The summed E-state index contributed by atoms with van der Waals surface area (Å²) in [5.74, 6) is 0.816. The quantitative estimate of drug-likeness (QED) is 0.453. The lowest BCUT2D eigenvalue weighted by molar-refractivity contribution is -0.123. The van der Waals surface area contributed by atoms with E-state index >= 15 is 0 Å². The Hall–Kier alpha value is -2.34. The summed E-state index contributed by atoms with van der Waals surface area (Å²) in [6.07, 6.45) is 2.83. The van der Waals surface area contributed by atoms with Gasteiger partial charge in [-0.1, -0.05) is 22.9 Å². The minimum absolute atomic E-state index is 0.0836. The first kappa shape index (κ1) is 22.3. The maximum absolute atomic E-state index is 12.0. The number of ether oxygens (including phenoxy) is 1. The number of amides is 1. The van der Waals surface area contributed by atoms with E-state index in [1.807, 2.05) is 12.1 Å². The number of anilines is 1. The van der Waals surface area contributed by atoms with Gasteiger partial charge in [0.2, 0.25) is 0 Å². The second kappa shape index (κ2) is 9.21. The van der Waals surface area contributed by atoms with Gasteiger partial charge < -0.3 is 9.64 Å². The van der Waals surface area contributed by atoms with Gasteiger partial charge >= 0.3 is 0 Å².